The lowest BCUT2D eigenvalue weighted by Crippen LogP contribution is -2.29. The Hall–Kier alpha value is -1.38. The molecule has 0 atom stereocenters. The third-order valence-corrected chi connectivity index (χ3v) is 3.02. The van der Waals surface area contributed by atoms with Crippen molar-refractivity contribution in [2.45, 2.75) is 34.1 Å². The van der Waals surface area contributed by atoms with Crippen molar-refractivity contribution in [1.82, 2.24) is 0 Å². The van der Waals surface area contributed by atoms with Gasteiger partial charge in [-0.3, -0.25) is 4.79 Å². The molecule has 1 aromatic carbocycles. The molecule has 0 amide bonds. The average Bonchev–Trinajstić information content (AvgIpc) is 2.30. The number of Topliss-reactive ketones (excluding diaryl/α,β-unsaturated/α-hetero) is 1. The molecule has 0 fully saturated rings. The van der Waals surface area contributed by atoms with Crippen molar-refractivity contribution in [3.05, 3.63) is 30.1 Å². The van der Waals surface area contributed by atoms with E-state index in [0.29, 0.717) is 13.0 Å². The quantitative estimate of drug-likeness (QED) is 0.796. The zero-order valence-corrected chi connectivity index (χ0v) is 11.7. The normalized spacial score (nSPS) is 11.4. The second kappa shape index (κ2) is 5.98. The fourth-order valence-electron chi connectivity index (χ4n) is 1.73. The van der Waals surface area contributed by atoms with Crippen LogP contribution in [0.15, 0.2) is 24.3 Å². The Morgan fingerprint density at radius 3 is 2.22 bits per heavy atom. The van der Waals surface area contributed by atoms with Crippen molar-refractivity contribution in [3.63, 3.8) is 0 Å². The molecule has 2 nitrogen and oxygen atoms in total. The first kappa shape index (κ1) is 14.7. The summed E-state index contributed by atoms with van der Waals surface area (Å²) in [5.41, 5.74) is 0.669. The molecule has 3 heteroatoms. The Kier molecular flexibility index (Phi) is 4.88. The van der Waals surface area contributed by atoms with Gasteiger partial charge in [-0.15, -0.1) is 0 Å². The standard InChI is InChI=1S/C15H22FNO/c1-5-17(11-10-14(18)15(2,3)4)13-8-6-12(16)7-9-13/h6-9H,5,10-11H2,1-4H3. The largest absolute Gasteiger partial charge is 0.371 e. The van der Waals surface area contributed by atoms with Gasteiger partial charge in [0.05, 0.1) is 0 Å². The molecule has 0 aliphatic rings. The summed E-state index contributed by atoms with van der Waals surface area (Å²) >= 11 is 0. The Morgan fingerprint density at radius 1 is 1.22 bits per heavy atom. The van der Waals surface area contributed by atoms with E-state index in [0.717, 1.165) is 12.2 Å². The lowest BCUT2D eigenvalue weighted by Gasteiger charge is -2.25. The molecule has 0 heterocycles. The van der Waals surface area contributed by atoms with Gasteiger partial charge in [0.2, 0.25) is 0 Å². The number of halogens is 1. The predicted molar refractivity (Wildman–Crippen MR) is 73.4 cm³/mol. The molecule has 0 spiro atoms. The number of hydrogen-bond acceptors (Lipinski definition) is 2. The van der Waals surface area contributed by atoms with Crippen LogP contribution in [0.3, 0.4) is 0 Å². The number of rotatable bonds is 5. The number of ketones is 1. The van der Waals surface area contributed by atoms with E-state index in [1.54, 1.807) is 12.1 Å². The first-order chi connectivity index (χ1) is 8.34. The van der Waals surface area contributed by atoms with E-state index in [1.165, 1.54) is 12.1 Å². The molecular weight excluding hydrogens is 229 g/mol. The molecule has 0 aliphatic carbocycles. The van der Waals surface area contributed by atoms with E-state index in [-0.39, 0.29) is 17.0 Å². The summed E-state index contributed by atoms with van der Waals surface area (Å²) in [5.74, 6) is 0.0173. The first-order valence-electron chi connectivity index (χ1n) is 6.38. The summed E-state index contributed by atoms with van der Waals surface area (Å²) in [7, 11) is 0. The van der Waals surface area contributed by atoms with Crippen LogP contribution in [0.2, 0.25) is 0 Å². The third-order valence-electron chi connectivity index (χ3n) is 3.02. The maximum Gasteiger partial charge on any atom is 0.139 e. The summed E-state index contributed by atoms with van der Waals surface area (Å²) in [6.45, 7) is 9.32. The molecule has 0 saturated heterocycles. The highest BCUT2D eigenvalue weighted by Gasteiger charge is 2.21. The molecule has 100 valence electrons. The van der Waals surface area contributed by atoms with Crippen molar-refractivity contribution in [1.29, 1.82) is 0 Å². The van der Waals surface area contributed by atoms with Gasteiger partial charge in [0.25, 0.3) is 0 Å². The van der Waals surface area contributed by atoms with Gasteiger partial charge < -0.3 is 4.90 Å². The summed E-state index contributed by atoms with van der Waals surface area (Å²) in [5, 5.41) is 0. The fourth-order valence-corrected chi connectivity index (χ4v) is 1.73. The lowest BCUT2D eigenvalue weighted by molar-refractivity contribution is -0.126. The van der Waals surface area contributed by atoms with E-state index < -0.39 is 0 Å². The Labute approximate surface area is 109 Å². The fraction of sp³-hybridized carbons (Fsp3) is 0.533. The minimum atomic E-state index is -0.289. The van der Waals surface area contributed by atoms with Gasteiger partial charge in [-0.05, 0) is 31.2 Å². The number of nitrogens with zero attached hydrogens (tertiary/aromatic N) is 1. The van der Waals surface area contributed by atoms with Crippen LogP contribution in [0, 0.1) is 11.2 Å². The number of carbonyl (C=O) groups excluding carboxylic acids is 1. The van der Waals surface area contributed by atoms with Gasteiger partial charge in [-0.25, -0.2) is 4.39 Å². The van der Waals surface area contributed by atoms with Crippen molar-refractivity contribution >= 4 is 11.5 Å². The van der Waals surface area contributed by atoms with Gasteiger partial charge in [0.1, 0.15) is 11.6 Å². The van der Waals surface area contributed by atoms with Crippen LogP contribution < -0.4 is 4.90 Å². The van der Waals surface area contributed by atoms with Crippen LogP contribution in [0.1, 0.15) is 34.1 Å². The van der Waals surface area contributed by atoms with E-state index >= 15 is 0 Å². The zero-order chi connectivity index (χ0) is 13.8. The second-order valence-electron chi connectivity index (χ2n) is 5.48. The Morgan fingerprint density at radius 2 is 1.78 bits per heavy atom. The molecule has 1 rings (SSSR count). The molecule has 0 bridgehead atoms. The summed E-state index contributed by atoms with van der Waals surface area (Å²) in [6, 6.07) is 6.40. The average molecular weight is 251 g/mol. The van der Waals surface area contributed by atoms with Gasteiger partial charge in [-0.1, -0.05) is 20.8 Å². The number of hydrogen-bond donors (Lipinski definition) is 0. The molecule has 0 radical (unpaired) electrons. The van der Waals surface area contributed by atoms with Gasteiger partial charge >= 0.3 is 0 Å². The lowest BCUT2D eigenvalue weighted by atomic mass is 9.89. The maximum atomic E-state index is 12.9. The van der Waals surface area contributed by atoms with Crippen molar-refractivity contribution in [2.75, 3.05) is 18.0 Å². The van der Waals surface area contributed by atoms with Crippen LogP contribution in [0.4, 0.5) is 10.1 Å². The zero-order valence-electron chi connectivity index (χ0n) is 11.7. The highest BCUT2D eigenvalue weighted by Crippen LogP contribution is 2.19. The minimum Gasteiger partial charge on any atom is -0.371 e. The Balaban J connectivity index is 2.63. The maximum absolute atomic E-state index is 12.9. The smallest absolute Gasteiger partial charge is 0.139 e. The van der Waals surface area contributed by atoms with Crippen molar-refractivity contribution < 1.29 is 9.18 Å². The number of benzene rings is 1. The van der Waals surface area contributed by atoms with Gasteiger partial charge in [0.15, 0.2) is 0 Å². The Bertz CT molecular complexity index is 392. The topological polar surface area (TPSA) is 20.3 Å². The predicted octanol–water partition coefficient (Wildman–Crippen LogP) is 3.66. The molecule has 1 aromatic rings. The van der Waals surface area contributed by atoms with Crippen molar-refractivity contribution in [3.8, 4) is 0 Å². The van der Waals surface area contributed by atoms with E-state index in [9.17, 15) is 9.18 Å². The summed E-state index contributed by atoms with van der Waals surface area (Å²) < 4.78 is 12.9. The first-order valence-corrected chi connectivity index (χ1v) is 6.38. The second-order valence-corrected chi connectivity index (χ2v) is 5.48. The molecule has 0 N–H and O–H groups in total. The van der Waals surface area contributed by atoms with Gasteiger partial charge in [-0.2, -0.15) is 0 Å². The van der Waals surface area contributed by atoms with Crippen molar-refractivity contribution in [2.24, 2.45) is 5.41 Å². The summed E-state index contributed by atoms with van der Waals surface area (Å²) in [4.78, 5) is 14.0. The van der Waals surface area contributed by atoms with Crippen LogP contribution in [-0.2, 0) is 4.79 Å². The van der Waals surface area contributed by atoms with E-state index in [4.69, 9.17) is 0 Å². The highest BCUT2D eigenvalue weighted by molar-refractivity contribution is 5.84. The molecule has 0 aromatic heterocycles. The highest BCUT2D eigenvalue weighted by atomic mass is 19.1. The third kappa shape index (κ3) is 4.13. The summed E-state index contributed by atoms with van der Waals surface area (Å²) in [6.07, 6.45) is 0.523. The number of carbonyl (C=O) groups is 1. The minimum absolute atomic E-state index is 0.236. The van der Waals surface area contributed by atoms with E-state index in [2.05, 4.69) is 4.90 Å². The molecule has 0 saturated carbocycles. The number of anilines is 1. The van der Waals surface area contributed by atoms with Crippen LogP contribution in [-0.4, -0.2) is 18.9 Å². The van der Waals surface area contributed by atoms with Crippen LogP contribution >= 0.6 is 0 Å². The van der Waals surface area contributed by atoms with Gasteiger partial charge in [0, 0.05) is 30.6 Å². The van der Waals surface area contributed by atoms with Crippen LogP contribution in [0.25, 0.3) is 0 Å². The molecule has 18 heavy (non-hydrogen) atoms. The molecule has 0 aliphatic heterocycles. The van der Waals surface area contributed by atoms with Crippen LogP contribution in [0.5, 0.6) is 0 Å². The monoisotopic (exact) mass is 251 g/mol. The molecular formula is C15H22FNO. The SMILES string of the molecule is CCN(CCC(=O)C(C)(C)C)c1ccc(F)cc1. The molecule has 0 unspecified atom stereocenters. The van der Waals surface area contributed by atoms with E-state index in [1.807, 2.05) is 27.7 Å².